The van der Waals surface area contributed by atoms with Gasteiger partial charge in [0, 0.05) is 17.5 Å². The molecular formula is C15H17ClN2O2. The number of ether oxygens (including phenoxy) is 2. The normalized spacial score (nSPS) is 10.7. The van der Waals surface area contributed by atoms with Crippen LogP contribution < -0.4 is 9.47 Å². The van der Waals surface area contributed by atoms with Crippen molar-refractivity contribution in [3.63, 3.8) is 0 Å². The molecule has 0 amide bonds. The molecule has 0 fully saturated rings. The van der Waals surface area contributed by atoms with E-state index in [1.54, 1.807) is 20.3 Å². The first-order chi connectivity index (χ1) is 9.56. The topological polar surface area (TPSA) is 44.2 Å². The van der Waals surface area contributed by atoms with Crippen LogP contribution in [-0.2, 0) is 0 Å². The van der Waals surface area contributed by atoms with E-state index in [2.05, 4.69) is 9.97 Å². The summed E-state index contributed by atoms with van der Waals surface area (Å²) in [6.45, 7) is 4.05. The lowest BCUT2D eigenvalue weighted by atomic mass is 10.1. The average Bonchev–Trinajstić information content (AvgIpc) is 2.45. The van der Waals surface area contributed by atoms with Crippen LogP contribution in [0.4, 0.5) is 0 Å². The summed E-state index contributed by atoms with van der Waals surface area (Å²) in [5.41, 5.74) is 1.56. The molecule has 1 aromatic heterocycles. The highest BCUT2D eigenvalue weighted by Gasteiger charge is 2.15. The van der Waals surface area contributed by atoms with Crippen LogP contribution in [0.5, 0.6) is 11.5 Å². The summed E-state index contributed by atoms with van der Waals surface area (Å²) < 4.78 is 10.7. The van der Waals surface area contributed by atoms with E-state index in [1.807, 2.05) is 32.0 Å². The molecule has 2 aromatic rings. The lowest BCUT2D eigenvalue weighted by Gasteiger charge is -2.13. The molecule has 4 nitrogen and oxygen atoms in total. The molecule has 0 atom stereocenters. The second-order valence-corrected chi connectivity index (χ2v) is 5.02. The number of aromatic nitrogens is 2. The third-order valence-electron chi connectivity index (χ3n) is 2.91. The Balaban J connectivity index is 2.62. The Kier molecular flexibility index (Phi) is 4.45. The van der Waals surface area contributed by atoms with E-state index in [-0.39, 0.29) is 5.92 Å². The zero-order chi connectivity index (χ0) is 14.7. The summed E-state index contributed by atoms with van der Waals surface area (Å²) in [5.74, 6) is 2.20. The summed E-state index contributed by atoms with van der Waals surface area (Å²) in [4.78, 5) is 8.80. The molecule has 0 N–H and O–H groups in total. The van der Waals surface area contributed by atoms with Gasteiger partial charge in [0.15, 0.2) is 11.5 Å². The highest BCUT2D eigenvalue weighted by molar-refractivity contribution is 6.29. The van der Waals surface area contributed by atoms with Crippen LogP contribution >= 0.6 is 11.6 Å². The molecule has 1 heterocycles. The van der Waals surface area contributed by atoms with Crippen LogP contribution in [0.15, 0.2) is 24.3 Å². The Morgan fingerprint density at radius 2 is 1.85 bits per heavy atom. The van der Waals surface area contributed by atoms with Crippen LogP contribution in [0.1, 0.15) is 25.6 Å². The van der Waals surface area contributed by atoms with Gasteiger partial charge in [-0.25, -0.2) is 9.97 Å². The fourth-order valence-electron chi connectivity index (χ4n) is 1.92. The predicted octanol–water partition coefficient (Wildman–Crippen LogP) is 3.94. The predicted molar refractivity (Wildman–Crippen MR) is 79.7 cm³/mol. The second-order valence-electron chi connectivity index (χ2n) is 4.63. The lowest BCUT2D eigenvalue weighted by Crippen LogP contribution is -2.01. The van der Waals surface area contributed by atoms with Crippen molar-refractivity contribution in [2.45, 2.75) is 19.8 Å². The summed E-state index contributed by atoms with van der Waals surface area (Å²) in [6, 6.07) is 7.38. The Bertz CT molecular complexity index is 615. The maximum Gasteiger partial charge on any atom is 0.170 e. The Labute approximate surface area is 123 Å². The number of halogens is 1. The van der Waals surface area contributed by atoms with Crippen molar-refractivity contribution in [1.29, 1.82) is 0 Å². The average molecular weight is 293 g/mol. The molecule has 0 aliphatic carbocycles. The maximum absolute atomic E-state index is 6.09. The summed E-state index contributed by atoms with van der Waals surface area (Å²) in [5, 5.41) is 0.420. The Morgan fingerprint density at radius 1 is 1.10 bits per heavy atom. The van der Waals surface area contributed by atoms with Gasteiger partial charge in [-0.05, 0) is 12.1 Å². The number of rotatable bonds is 4. The van der Waals surface area contributed by atoms with Gasteiger partial charge in [-0.1, -0.05) is 31.5 Å². The van der Waals surface area contributed by atoms with Crippen molar-refractivity contribution in [3.05, 3.63) is 35.2 Å². The number of methoxy groups -OCH3 is 2. The first-order valence-corrected chi connectivity index (χ1v) is 6.70. The van der Waals surface area contributed by atoms with Crippen LogP contribution in [0.3, 0.4) is 0 Å². The number of nitrogens with zero attached hydrogens (tertiary/aromatic N) is 2. The molecule has 0 unspecified atom stereocenters. The highest BCUT2D eigenvalue weighted by Crippen LogP contribution is 2.37. The second kappa shape index (κ2) is 6.09. The zero-order valence-corrected chi connectivity index (χ0v) is 12.7. The van der Waals surface area contributed by atoms with Gasteiger partial charge in [0.2, 0.25) is 0 Å². The fraction of sp³-hybridized carbons (Fsp3) is 0.333. The number of benzene rings is 1. The standard InChI is InChI=1S/C15H17ClN2O2/c1-9(2)15-17-11(8-13(16)18-15)10-6-5-7-12(19-3)14(10)20-4/h5-9H,1-4H3. The van der Waals surface area contributed by atoms with Crippen LogP contribution in [-0.4, -0.2) is 24.2 Å². The van der Waals surface area contributed by atoms with Crippen molar-refractivity contribution < 1.29 is 9.47 Å². The Morgan fingerprint density at radius 3 is 2.45 bits per heavy atom. The molecule has 0 spiro atoms. The van der Waals surface area contributed by atoms with Gasteiger partial charge < -0.3 is 9.47 Å². The molecule has 0 radical (unpaired) electrons. The quantitative estimate of drug-likeness (QED) is 0.801. The van der Waals surface area contributed by atoms with Crippen molar-refractivity contribution in [2.24, 2.45) is 0 Å². The largest absolute Gasteiger partial charge is 0.493 e. The third kappa shape index (κ3) is 2.85. The van der Waals surface area contributed by atoms with Gasteiger partial charge in [0.25, 0.3) is 0 Å². The van der Waals surface area contributed by atoms with Gasteiger partial charge in [0.1, 0.15) is 11.0 Å². The number of hydrogen-bond acceptors (Lipinski definition) is 4. The molecule has 0 aliphatic heterocycles. The first kappa shape index (κ1) is 14.6. The van der Waals surface area contributed by atoms with Gasteiger partial charge >= 0.3 is 0 Å². The van der Waals surface area contributed by atoms with Gasteiger partial charge in [-0.2, -0.15) is 0 Å². The minimum Gasteiger partial charge on any atom is -0.493 e. The minimum absolute atomic E-state index is 0.198. The molecular weight excluding hydrogens is 276 g/mol. The van der Waals surface area contributed by atoms with E-state index in [1.165, 1.54) is 0 Å². The summed E-state index contributed by atoms with van der Waals surface area (Å²) in [6.07, 6.45) is 0. The molecule has 0 bridgehead atoms. The molecule has 106 valence electrons. The summed E-state index contributed by atoms with van der Waals surface area (Å²) >= 11 is 6.09. The number of hydrogen-bond donors (Lipinski definition) is 0. The highest BCUT2D eigenvalue weighted by atomic mass is 35.5. The lowest BCUT2D eigenvalue weighted by molar-refractivity contribution is 0.356. The zero-order valence-electron chi connectivity index (χ0n) is 12.0. The van der Waals surface area contributed by atoms with Crippen molar-refractivity contribution in [3.8, 4) is 22.8 Å². The van der Waals surface area contributed by atoms with Gasteiger partial charge in [-0.15, -0.1) is 0 Å². The molecule has 2 rings (SSSR count). The van der Waals surface area contributed by atoms with E-state index in [0.29, 0.717) is 22.5 Å². The van der Waals surface area contributed by atoms with Crippen LogP contribution in [0.25, 0.3) is 11.3 Å². The summed E-state index contributed by atoms with van der Waals surface area (Å²) in [7, 11) is 3.21. The maximum atomic E-state index is 6.09. The molecule has 1 aromatic carbocycles. The minimum atomic E-state index is 0.198. The smallest absolute Gasteiger partial charge is 0.170 e. The van der Waals surface area contributed by atoms with Crippen LogP contribution in [0.2, 0.25) is 5.15 Å². The van der Waals surface area contributed by atoms with E-state index in [0.717, 1.165) is 11.3 Å². The van der Waals surface area contributed by atoms with Crippen molar-refractivity contribution in [1.82, 2.24) is 9.97 Å². The van der Waals surface area contributed by atoms with Gasteiger partial charge in [0.05, 0.1) is 19.9 Å². The van der Waals surface area contributed by atoms with E-state index >= 15 is 0 Å². The molecule has 5 heteroatoms. The van der Waals surface area contributed by atoms with Crippen LogP contribution in [0, 0.1) is 0 Å². The molecule has 20 heavy (non-hydrogen) atoms. The molecule has 0 saturated carbocycles. The Hall–Kier alpha value is -1.81. The molecule has 0 aliphatic rings. The first-order valence-electron chi connectivity index (χ1n) is 6.32. The van der Waals surface area contributed by atoms with E-state index in [9.17, 15) is 0 Å². The van der Waals surface area contributed by atoms with Crippen molar-refractivity contribution in [2.75, 3.05) is 14.2 Å². The number of para-hydroxylation sites is 1. The van der Waals surface area contributed by atoms with Crippen molar-refractivity contribution >= 4 is 11.6 Å². The van der Waals surface area contributed by atoms with E-state index in [4.69, 9.17) is 21.1 Å². The van der Waals surface area contributed by atoms with Gasteiger partial charge in [-0.3, -0.25) is 0 Å². The molecule has 0 saturated heterocycles. The SMILES string of the molecule is COc1cccc(-c2cc(Cl)nc(C(C)C)n2)c1OC. The monoisotopic (exact) mass is 292 g/mol. The fourth-order valence-corrected chi connectivity index (χ4v) is 2.11. The third-order valence-corrected chi connectivity index (χ3v) is 3.10. The van der Waals surface area contributed by atoms with E-state index < -0.39 is 0 Å².